The molecule has 12 heavy (non-hydrogen) atoms. The molecule has 73 valence electrons. The molecule has 2 unspecified atom stereocenters. The summed E-state index contributed by atoms with van der Waals surface area (Å²) in [6, 6.07) is 0. The van der Waals surface area contributed by atoms with Crippen molar-refractivity contribution in [2.75, 3.05) is 6.26 Å². The third-order valence-electron chi connectivity index (χ3n) is 2.30. The van der Waals surface area contributed by atoms with Crippen LogP contribution < -0.4 is 0 Å². The fourth-order valence-corrected chi connectivity index (χ4v) is 1.93. The molecule has 0 rings (SSSR count). The summed E-state index contributed by atoms with van der Waals surface area (Å²) >= 11 is 1.88. The zero-order chi connectivity index (χ0) is 9.40. The Bertz CT molecular complexity index is 91.0. The fraction of sp³-hybridized carbons (Fsp3) is 0.909. The SMILES string of the molecule is [CH2]C(CC(C)CCCCC)SC. The van der Waals surface area contributed by atoms with Gasteiger partial charge >= 0.3 is 0 Å². The van der Waals surface area contributed by atoms with Gasteiger partial charge < -0.3 is 0 Å². The van der Waals surface area contributed by atoms with Gasteiger partial charge in [0.2, 0.25) is 0 Å². The van der Waals surface area contributed by atoms with E-state index in [2.05, 4.69) is 27.0 Å². The van der Waals surface area contributed by atoms with Gasteiger partial charge in [-0.2, -0.15) is 11.8 Å². The maximum atomic E-state index is 4.09. The zero-order valence-corrected chi connectivity index (χ0v) is 9.62. The minimum absolute atomic E-state index is 0.599. The predicted octanol–water partition coefficient (Wildman–Crippen LogP) is 4.16. The maximum Gasteiger partial charge on any atom is 0.00472 e. The fourth-order valence-electron chi connectivity index (χ4n) is 1.41. The first kappa shape index (κ1) is 12.3. The minimum atomic E-state index is 0.599. The van der Waals surface area contributed by atoms with E-state index in [0.717, 1.165) is 5.92 Å². The van der Waals surface area contributed by atoms with Crippen molar-refractivity contribution in [1.82, 2.24) is 0 Å². The highest BCUT2D eigenvalue weighted by atomic mass is 32.2. The lowest BCUT2D eigenvalue weighted by molar-refractivity contribution is 0.471. The molecule has 0 aliphatic rings. The average molecular weight is 187 g/mol. The first-order valence-corrected chi connectivity index (χ1v) is 6.35. The van der Waals surface area contributed by atoms with E-state index in [4.69, 9.17) is 0 Å². The lowest BCUT2D eigenvalue weighted by Gasteiger charge is -2.14. The van der Waals surface area contributed by atoms with E-state index in [0.29, 0.717) is 5.25 Å². The molecule has 1 heteroatoms. The van der Waals surface area contributed by atoms with Gasteiger partial charge in [-0.05, 0) is 25.5 Å². The van der Waals surface area contributed by atoms with Crippen molar-refractivity contribution in [2.45, 2.75) is 51.2 Å². The number of rotatable bonds is 7. The summed E-state index contributed by atoms with van der Waals surface area (Å²) in [4.78, 5) is 0. The van der Waals surface area contributed by atoms with E-state index in [1.807, 2.05) is 11.8 Å². The smallest absolute Gasteiger partial charge is 0.00472 e. The van der Waals surface area contributed by atoms with Crippen LogP contribution in [0.15, 0.2) is 0 Å². The molecule has 0 bridgehead atoms. The number of thioether (sulfide) groups is 1. The minimum Gasteiger partial charge on any atom is -0.162 e. The Hall–Kier alpha value is 0.350. The molecular formula is C11H23S. The van der Waals surface area contributed by atoms with Crippen LogP contribution in [0.3, 0.4) is 0 Å². The van der Waals surface area contributed by atoms with Crippen LogP contribution in [0.2, 0.25) is 0 Å². The molecule has 0 aliphatic heterocycles. The van der Waals surface area contributed by atoms with Gasteiger partial charge in [-0.3, -0.25) is 0 Å². The van der Waals surface area contributed by atoms with Crippen LogP contribution in [0.5, 0.6) is 0 Å². The second-order valence-electron chi connectivity index (χ2n) is 3.69. The van der Waals surface area contributed by atoms with Gasteiger partial charge in [-0.15, -0.1) is 0 Å². The summed E-state index contributed by atoms with van der Waals surface area (Å²) in [5.74, 6) is 0.867. The highest BCUT2D eigenvalue weighted by Gasteiger charge is 2.06. The van der Waals surface area contributed by atoms with Crippen molar-refractivity contribution < 1.29 is 0 Å². The average Bonchev–Trinajstić information content (AvgIpc) is 2.05. The number of hydrogen-bond donors (Lipinski definition) is 0. The van der Waals surface area contributed by atoms with Gasteiger partial charge in [0.25, 0.3) is 0 Å². The molecule has 0 heterocycles. The highest BCUT2D eigenvalue weighted by Crippen LogP contribution is 2.20. The molecule has 0 saturated heterocycles. The molecule has 0 N–H and O–H groups in total. The van der Waals surface area contributed by atoms with Crippen LogP contribution in [0.1, 0.15) is 46.0 Å². The van der Waals surface area contributed by atoms with Crippen molar-refractivity contribution in [1.29, 1.82) is 0 Å². The third kappa shape index (κ3) is 7.02. The monoisotopic (exact) mass is 187 g/mol. The van der Waals surface area contributed by atoms with Gasteiger partial charge in [-0.25, -0.2) is 0 Å². The normalized spacial score (nSPS) is 16.0. The zero-order valence-electron chi connectivity index (χ0n) is 8.81. The predicted molar refractivity (Wildman–Crippen MR) is 60.6 cm³/mol. The van der Waals surface area contributed by atoms with E-state index in [1.54, 1.807) is 0 Å². The van der Waals surface area contributed by atoms with Crippen LogP contribution in [0.4, 0.5) is 0 Å². The largest absolute Gasteiger partial charge is 0.162 e. The molecule has 0 saturated carbocycles. The summed E-state index contributed by atoms with van der Waals surface area (Å²) in [7, 11) is 0. The maximum absolute atomic E-state index is 4.09. The Morgan fingerprint density at radius 3 is 2.50 bits per heavy atom. The molecule has 0 nitrogen and oxygen atoms in total. The van der Waals surface area contributed by atoms with Gasteiger partial charge in [0.1, 0.15) is 0 Å². The molecule has 0 aliphatic carbocycles. The van der Waals surface area contributed by atoms with Crippen LogP contribution >= 0.6 is 11.8 Å². The van der Waals surface area contributed by atoms with Crippen molar-refractivity contribution in [2.24, 2.45) is 5.92 Å². The van der Waals surface area contributed by atoms with Crippen molar-refractivity contribution in [3.8, 4) is 0 Å². The van der Waals surface area contributed by atoms with Crippen LogP contribution in [0, 0.1) is 12.8 Å². The van der Waals surface area contributed by atoms with Gasteiger partial charge in [0.05, 0.1) is 0 Å². The Morgan fingerprint density at radius 1 is 1.33 bits per heavy atom. The summed E-state index contributed by atoms with van der Waals surface area (Å²) in [5.41, 5.74) is 0. The van der Waals surface area contributed by atoms with Crippen molar-refractivity contribution in [3.63, 3.8) is 0 Å². The second-order valence-corrected chi connectivity index (χ2v) is 4.83. The van der Waals surface area contributed by atoms with E-state index in [9.17, 15) is 0 Å². The summed E-state index contributed by atoms with van der Waals surface area (Å²) in [6.45, 7) is 8.70. The van der Waals surface area contributed by atoms with Crippen LogP contribution in [-0.2, 0) is 0 Å². The molecule has 2 atom stereocenters. The number of unbranched alkanes of at least 4 members (excludes halogenated alkanes) is 2. The summed E-state index contributed by atoms with van der Waals surface area (Å²) in [5, 5.41) is 0.599. The van der Waals surface area contributed by atoms with Crippen LogP contribution in [0.25, 0.3) is 0 Å². The lowest BCUT2D eigenvalue weighted by Crippen LogP contribution is -2.04. The molecule has 0 aromatic rings. The first-order valence-electron chi connectivity index (χ1n) is 5.06. The Kier molecular flexibility index (Phi) is 8.20. The van der Waals surface area contributed by atoms with E-state index >= 15 is 0 Å². The Balaban J connectivity index is 3.26. The topological polar surface area (TPSA) is 0 Å². The number of hydrogen-bond acceptors (Lipinski definition) is 1. The first-order chi connectivity index (χ1) is 5.70. The van der Waals surface area contributed by atoms with E-state index in [-0.39, 0.29) is 0 Å². The Labute approximate surface area is 82.5 Å². The molecular weight excluding hydrogens is 164 g/mol. The van der Waals surface area contributed by atoms with Crippen molar-refractivity contribution >= 4 is 11.8 Å². The van der Waals surface area contributed by atoms with Gasteiger partial charge in [-0.1, -0.05) is 39.5 Å². The van der Waals surface area contributed by atoms with Crippen LogP contribution in [-0.4, -0.2) is 11.5 Å². The lowest BCUT2D eigenvalue weighted by atomic mass is 9.99. The molecule has 0 amide bonds. The molecule has 1 radical (unpaired) electrons. The molecule has 0 aromatic carbocycles. The molecule has 0 fully saturated rings. The third-order valence-corrected chi connectivity index (χ3v) is 3.16. The molecule has 0 spiro atoms. The standard InChI is InChI=1S/C11H23S/c1-5-6-7-8-10(2)9-11(3)12-4/h10-11H,3,5-9H2,1-2,4H3. The van der Waals surface area contributed by atoms with E-state index in [1.165, 1.54) is 32.1 Å². The van der Waals surface area contributed by atoms with Crippen molar-refractivity contribution in [3.05, 3.63) is 6.92 Å². The Morgan fingerprint density at radius 2 is 2.00 bits per heavy atom. The molecule has 0 aromatic heterocycles. The van der Waals surface area contributed by atoms with Gasteiger partial charge in [0, 0.05) is 5.25 Å². The highest BCUT2D eigenvalue weighted by molar-refractivity contribution is 7.99. The van der Waals surface area contributed by atoms with Gasteiger partial charge in [0.15, 0.2) is 0 Å². The summed E-state index contributed by atoms with van der Waals surface area (Å²) < 4.78 is 0. The summed E-state index contributed by atoms with van der Waals surface area (Å²) in [6.07, 6.45) is 8.95. The van der Waals surface area contributed by atoms with E-state index < -0.39 is 0 Å². The quantitative estimate of drug-likeness (QED) is 0.539. The second kappa shape index (κ2) is 7.97.